The fourth-order valence-electron chi connectivity index (χ4n) is 3.36. The van der Waals surface area contributed by atoms with Crippen LogP contribution in [0.5, 0.6) is 5.75 Å². The molecular weight excluding hydrogens is 440 g/mol. The van der Waals surface area contributed by atoms with Crippen molar-refractivity contribution in [3.63, 3.8) is 0 Å². The van der Waals surface area contributed by atoms with Crippen LogP contribution in [0.2, 0.25) is 0 Å². The van der Waals surface area contributed by atoms with Gasteiger partial charge in [0.1, 0.15) is 18.2 Å². The lowest BCUT2D eigenvalue weighted by molar-refractivity contribution is -0.115. The first kappa shape index (κ1) is 22.2. The highest BCUT2D eigenvalue weighted by Gasteiger charge is 2.21. The number of nitrogens with zero attached hydrogens (tertiary/aromatic N) is 3. The molecule has 0 unspecified atom stereocenters. The number of benzene rings is 1. The number of carbonyl (C=O) groups is 1. The molecule has 1 aliphatic carbocycles. The summed E-state index contributed by atoms with van der Waals surface area (Å²) in [6.45, 7) is 5.88. The standard InChI is InChI=1S/C24H22N4O4S/c1-4-6-16-10-15(12-19(31-3)21(16)29)11-18-22(25)28-24(26-23(18)30)33-20(27-28)13-32-17-8-5-7-14(2)9-17/h4-5,7-12H,1,6,13,25H2,2-3H3/b15-11-. The van der Waals surface area contributed by atoms with Crippen LogP contribution in [0.3, 0.4) is 0 Å². The number of carbonyl (C=O) groups excluding carboxylic acids is 1. The van der Waals surface area contributed by atoms with Gasteiger partial charge in [0.05, 0.1) is 12.7 Å². The van der Waals surface area contributed by atoms with Gasteiger partial charge in [0.25, 0.3) is 5.56 Å². The van der Waals surface area contributed by atoms with Gasteiger partial charge in [0.2, 0.25) is 10.7 Å². The molecule has 1 aromatic carbocycles. The van der Waals surface area contributed by atoms with Crippen molar-refractivity contribution in [1.82, 2.24) is 14.6 Å². The Kier molecular flexibility index (Phi) is 6.23. The van der Waals surface area contributed by atoms with Gasteiger partial charge in [0.15, 0.2) is 10.8 Å². The molecule has 0 fully saturated rings. The number of ketones is 1. The van der Waals surface area contributed by atoms with Crippen LogP contribution in [0.15, 0.2) is 70.8 Å². The molecule has 0 spiro atoms. The number of methoxy groups -OCH3 is 1. The van der Waals surface area contributed by atoms with E-state index in [0.717, 1.165) is 11.3 Å². The average Bonchev–Trinajstić information content (AvgIpc) is 3.20. The molecule has 0 bridgehead atoms. The lowest BCUT2D eigenvalue weighted by Gasteiger charge is -2.14. The first-order valence-corrected chi connectivity index (χ1v) is 10.9. The second kappa shape index (κ2) is 9.25. The molecule has 0 saturated heterocycles. The van der Waals surface area contributed by atoms with Gasteiger partial charge in [-0.1, -0.05) is 29.5 Å². The number of nitrogen functional groups attached to an aromatic ring is 1. The second-order valence-corrected chi connectivity index (χ2v) is 8.40. The monoisotopic (exact) mass is 462 g/mol. The van der Waals surface area contributed by atoms with Crippen LogP contribution in [0.4, 0.5) is 5.82 Å². The zero-order valence-corrected chi connectivity index (χ0v) is 19.0. The Morgan fingerprint density at radius 1 is 1.27 bits per heavy atom. The van der Waals surface area contributed by atoms with Crippen molar-refractivity contribution < 1.29 is 14.3 Å². The quantitative estimate of drug-likeness (QED) is 0.534. The molecule has 33 heavy (non-hydrogen) atoms. The molecule has 1 aliphatic rings. The Balaban J connectivity index is 1.69. The summed E-state index contributed by atoms with van der Waals surface area (Å²) in [5, 5.41) is 5.09. The molecule has 0 saturated carbocycles. The number of rotatable bonds is 7. The molecule has 2 aromatic heterocycles. The fraction of sp³-hybridized carbons (Fsp3) is 0.167. The zero-order chi connectivity index (χ0) is 23.5. The third-order valence-corrected chi connectivity index (χ3v) is 5.82. The summed E-state index contributed by atoms with van der Waals surface area (Å²) in [5.41, 5.74) is 8.16. The van der Waals surface area contributed by atoms with E-state index < -0.39 is 5.56 Å². The number of aromatic nitrogens is 3. The van der Waals surface area contributed by atoms with Gasteiger partial charge < -0.3 is 15.2 Å². The summed E-state index contributed by atoms with van der Waals surface area (Å²) in [7, 11) is 1.42. The minimum absolute atomic E-state index is 0.151. The topological polar surface area (TPSA) is 109 Å². The smallest absolute Gasteiger partial charge is 0.283 e. The number of allylic oxidation sites excluding steroid dienone is 5. The van der Waals surface area contributed by atoms with Gasteiger partial charge in [-0.15, -0.1) is 6.58 Å². The molecule has 8 nitrogen and oxygen atoms in total. The lowest BCUT2D eigenvalue weighted by Crippen LogP contribution is -2.17. The van der Waals surface area contributed by atoms with Gasteiger partial charge >= 0.3 is 0 Å². The summed E-state index contributed by atoms with van der Waals surface area (Å²) in [5.74, 6) is 0.839. The largest absolute Gasteiger partial charge is 0.493 e. The van der Waals surface area contributed by atoms with Gasteiger partial charge in [-0.25, -0.2) is 0 Å². The van der Waals surface area contributed by atoms with E-state index in [-0.39, 0.29) is 29.5 Å². The van der Waals surface area contributed by atoms with E-state index in [2.05, 4.69) is 16.7 Å². The van der Waals surface area contributed by atoms with Crippen molar-refractivity contribution in [2.24, 2.45) is 0 Å². The Hall–Kier alpha value is -3.98. The maximum absolute atomic E-state index is 12.7. The third kappa shape index (κ3) is 4.63. The van der Waals surface area contributed by atoms with E-state index in [1.165, 1.54) is 23.0 Å². The predicted molar refractivity (Wildman–Crippen MR) is 128 cm³/mol. The van der Waals surface area contributed by atoms with Gasteiger partial charge in [-0.05, 0) is 54.8 Å². The average molecular weight is 463 g/mol. The molecular formula is C24H22N4O4S. The van der Waals surface area contributed by atoms with Crippen LogP contribution < -0.4 is 16.0 Å². The second-order valence-electron chi connectivity index (χ2n) is 7.36. The van der Waals surface area contributed by atoms with Gasteiger partial charge in [0, 0.05) is 5.57 Å². The summed E-state index contributed by atoms with van der Waals surface area (Å²) in [6.07, 6.45) is 6.83. The Labute approximate surface area is 194 Å². The molecule has 0 radical (unpaired) electrons. The first-order valence-electron chi connectivity index (χ1n) is 10.1. The number of aryl methyl sites for hydroxylation is 1. The van der Waals surface area contributed by atoms with Crippen LogP contribution in [0.25, 0.3) is 11.0 Å². The van der Waals surface area contributed by atoms with Gasteiger partial charge in [-0.2, -0.15) is 14.6 Å². The van der Waals surface area contributed by atoms with Crippen molar-refractivity contribution in [1.29, 1.82) is 0 Å². The number of hydrogen-bond acceptors (Lipinski definition) is 8. The summed E-state index contributed by atoms with van der Waals surface area (Å²) >= 11 is 1.23. The molecule has 4 rings (SSSR count). The third-order valence-electron chi connectivity index (χ3n) is 4.93. The lowest BCUT2D eigenvalue weighted by atomic mass is 9.95. The SMILES string of the molecule is C=CCC1=C/C(=C/c2c(N)n3nc(COc4cccc(C)c4)sc3nc2=O)C=C(OC)C1=O. The molecule has 0 atom stereocenters. The first-order chi connectivity index (χ1) is 15.9. The minimum atomic E-state index is -0.488. The van der Waals surface area contributed by atoms with Crippen LogP contribution in [-0.2, 0) is 16.1 Å². The van der Waals surface area contributed by atoms with Crippen LogP contribution in [0, 0.1) is 6.92 Å². The molecule has 0 amide bonds. The normalized spacial score (nSPS) is 14.8. The van der Waals surface area contributed by atoms with Crippen molar-refractivity contribution in [2.45, 2.75) is 20.0 Å². The van der Waals surface area contributed by atoms with Crippen LogP contribution in [0.1, 0.15) is 22.6 Å². The van der Waals surface area contributed by atoms with E-state index >= 15 is 0 Å². The number of Topliss-reactive ketones (excluding diaryl/α,β-unsaturated/α-hetero) is 1. The highest BCUT2D eigenvalue weighted by atomic mass is 32.1. The maximum Gasteiger partial charge on any atom is 0.283 e. The minimum Gasteiger partial charge on any atom is -0.493 e. The maximum atomic E-state index is 12.7. The zero-order valence-electron chi connectivity index (χ0n) is 18.2. The van der Waals surface area contributed by atoms with Crippen molar-refractivity contribution >= 4 is 34.0 Å². The van der Waals surface area contributed by atoms with E-state index in [9.17, 15) is 9.59 Å². The van der Waals surface area contributed by atoms with Crippen LogP contribution in [-0.4, -0.2) is 27.5 Å². The van der Waals surface area contributed by atoms with E-state index in [1.54, 1.807) is 24.3 Å². The Morgan fingerprint density at radius 2 is 2.09 bits per heavy atom. The Bertz CT molecular complexity index is 1410. The molecule has 0 aliphatic heterocycles. The predicted octanol–water partition coefficient (Wildman–Crippen LogP) is 3.62. The molecule has 3 aromatic rings. The number of fused-ring (bicyclic) bond motifs is 1. The fourth-order valence-corrected chi connectivity index (χ4v) is 4.16. The number of anilines is 1. The molecule has 168 valence electrons. The van der Waals surface area contributed by atoms with E-state index in [1.807, 2.05) is 31.2 Å². The van der Waals surface area contributed by atoms with E-state index in [4.69, 9.17) is 15.2 Å². The highest BCUT2D eigenvalue weighted by molar-refractivity contribution is 7.16. The summed E-state index contributed by atoms with van der Waals surface area (Å²) < 4.78 is 12.4. The van der Waals surface area contributed by atoms with Crippen molar-refractivity contribution in [3.05, 3.63) is 92.5 Å². The van der Waals surface area contributed by atoms with Crippen molar-refractivity contribution in [3.8, 4) is 5.75 Å². The Morgan fingerprint density at radius 3 is 2.82 bits per heavy atom. The molecule has 9 heteroatoms. The number of hydrogen-bond donors (Lipinski definition) is 1. The highest BCUT2D eigenvalue weighted by Crippen LogP contribution is 2.25. The summed E-state index contributed by atoms with van der Waals surface area (Å²) in [4.78, 5) is 29.6. The molecule has 2 N–H and O–H groups in total. The van der Waals surface area contributed by atoms with E-state index in [0.29, 0.717) is 27.5 Å². The van der Waals surface area contributed by atoms with Gasteiger partial charge in [-0.3, -0.25) is 9.59 Å². The number of nitrogens with two attached hydrogens (primary N) is 1. The van der Waals surface area contributed by atoms with Crippen molar-refractivity contribution in [2.75, 3.05) is 12.8 Å². The van der Waals surface area contributed by atoms with Crippen LogP contribution >= 0.6 is 11.3 Å². The molecule has 2 heterocycles. The number of ether oxygens (including phenoxy) is 2. The summed E-state index contributed by atoms with van der Waals surface area (Å²) in [6, 6.07) is 7.69.